The van der Waals surface area contributed by atoms with Crippen molar-refractivity contribution in [3.63, 3.8) is 0 Å². The van der Waals surface area contributed by atoms with E-state index >= 15 is 0 Å². The lowest BCUT2D eigenvalue weighted by Gasteiger charge is -2.32. The Morgan fingerprint density at radius 2 is 2.00 bits per heavy atom. The number of piperidine rings is 1. The van der Waals surface area contributed by atoms with E-state index in [0.717, 1.165) is 70.4 Å². The summed E-state index contributed by atoms with van der Waals surface area (Å²) in [6.07, 6.45) is 25.3. The molecule has 0 aromatic heterocycles. The Kier molecular flexibility index (Phi) is 12.0. The largest absolute Gasteiger partial charge is 0.356 e. The molecule has 4 heteroatoms. The summed E-state index contributed by atoms with van der Waals surface area (Å²) >= 11 is 0. The fraction of sp³-hybridized carbons (Fsp3) is 0.649. The van der Waals surface area contributed by atoms with Crippen molar-refractivity contribution in [3.05, 3.63) is 59.4 Å². The molecule has 0 N–H and O–H groups in total. The summed E-state index contributed by atoms with van der Waals surface area (Å²) in [5, 5.41) is 0. The predicted molar refractivity (Wildman–Crippen MR) is 179 cm³/mol. The van der Waals surface area contributed by atoms with Crippen LogP contribution in [0, 0.1) is 23.7 Å². The predicted octanol–water partition coefficient (Wildman–Crippen LogP) is 9.68. The molecule has 4 aliphatic rings. The molecule has 1 saturated heterocycles. The standard InChI is InChI=1S/C37H56N4/c1-7-27(3)23-36(39-35-24-34(33-18-19-33)38-25-32(35)8-2)40-37(41-21-11-14-30(6)26-41)20-17-28(4)12-9-15-31-16-10-13-29(5)22-31/h9,15-16,22,24,27-28,32-33H,6-8,10-14,17-21,23,25-26H2,1-5H3. The molecular formula is C37H56N4. The normalized spacial score (nSPS) is 24.2. The summed E-state index contributed by atoms with van der Waals surface area (Å²) in [6.45, 7) is 18.8. The maximum Gasteiger partial charge on any atom is 0.130 e. The van der Waals surface area contributed by atoms with Crippen molar-refractivity contribution in [2.24, 2.45) is 38.6 Å². The molecule has 3 atom stereocenters. The van der Waals surface area contributed by atoms with Crippen LogP contribution in [0.4, 0.5) is 0 Å². The van der Waals surface area contributed by atoms with Crippen LogP contribution in [0.5, 0.6) is 0 Å². The summed E-state index contributed by atoms with van der Waals surface area (Å²) in [5.41, 5.74) is 6.69. The first kappa shape index (κ1) is 31.4. The van der Waals surface area contributed by atoms with Gasteiger partial charge in [0.1, 0.15) is 11.7 Å². The summed E-state index contributed by atoms with van der Waals surface area (Å²) in [4.78, 5) is 18.2. The lowest BCUT2D eigenvalue weighted by molar-refractivity contribution is 0.386. The molecule has 2 aliphatic carbocycles. The Labute approximate surface area is 251 Å². The first-order chi connectivity index (χ1) is 19.8. The number of aliphatic imine (C=N–C) groups is 3. The lowest BCUT2D eigenvalue weighted by atomic mass is 9.97. The van der Waals surface area contributed by atoms with Crippen molar-refractivity contribution in [2.75, 3.05) is 19.6 Å². The Hall–Kier alpha value is -2.49. The van der Waals surface area contributed by atoms with E-state index in [4.69, 9.17) is 15.0 Å². The molecule has 3 unspecified atom stereocenters. The monoisotopic (exact) mass is 556 g/mol. The second kappa shape index (κ2) is 15.7. The van der Waals surface area contributed by atoms with Gasteiger partial charge in [-0.25, -0.2) is 9.98 Å². The van der Waals surface area contributed by atoms with Crippen LogP contribution in [0.3, 0.4) is 0 Å². The average Bonchev–Trinajstić information content (AvgIpc) is 3.81. The fourth-order valence-corrected chi connectivity index (χ4v) is 5.96. The van der Waals surface area contributed by atoms with Gasteiger partial charge in [0.05, 0.1) is 0 Å². The van der Waals surface area contributed by atoms with Crippen molar-refractivity contribution >= 4 is 17.4 Å². The van der Waals surface area contributed by atoms with E-state index < -0.39 is 0 Å². The zero-order valence-corrected chi connectivity index (χ0v) is 26.8. The average molecular weight is 557 g/mol. The third-order valence-corrected chi connectivity index (χ3v) is 9.22. The first-order valence-corrected chi connectivity index (χ1v) is 16.7. The van der Waals surface area contributed by atoms with Gasteiger partial charge in [0.2, 0.25) is 0 Å². The zero-order chi connectivity index (χ0) is 29.2. The SMILES string of the molecule is C=C1CCCN(C(CCC(C)CC=CC2=CCCC(C)=C2)=NC(CC(C)CC)=NC2=CC(C3CC3)=NCC2CC)C1. The van der Waals surface area contributed by atoms with Gasteiger partial charge in [0, 0.05) is 55.7 Å². The van der Waals surface area contributed by atoms with E-state index in [0.29, 0.717) is 23.7 Å². The van der Waals surface area contributed by atoms with E-state index in [2.05, 4.69) is 76.5 Å². The van der Waals surface area contributed by atoms with Crippen molar-refractivity contribution in [3.8, 4) is 0 Å². The molecule has 2 heterocycles. The molecule has 1 saturated carbocycles. The molecule has 224 valence electrons. The van der Waals surface area contributed by atoms with Crippen LogP contribution in [0.25, 0.3) is 0 Å². The van der Waals surface area contributed by atoms with Gasteiger partial charge < -0.3 is 4.90 Å². The minimum Gasteiger partial charge on any atom is -0.356 e. The number of allylic oxidation sites excluding steroid dienone is 7. The molecule has 41 heavy (non-hydrogen) atoms. The zero-order valence-electron chi connectivity index (χ0n) is 26.8. The van der Waals surface area contributed by atoms with Crippen LogP contribution in [0.15, 0.2) is 74.4 Å². The third kappa shape index (κ3) is 10.1. The summed E-state index contributed by atoms with van der Waals surface area (Å²) in [5.74, 6) is 4.48. The van der Waals surface area contributed by atoms with E-state index in [1.54, 1.807) is 0 Å². The van der Waals surface area contributed by atoms with Crippen LogP contribution in [-0.2, 0) is 0 Å². The maximum absolute atomic E-state index is 5.44. The number of amidine groups is 2. The van der Waals surface area contributed by atoms with E-state index in [1.807, 2.05) is 0 Å². The second-order valence-electron chi connectivity index (χ2n) is 13.3. The number of likely N-dealkylation sites (tertiary alicyclic amines) is 1. The van der Waals surface area contributed by atoms with Crippen molar-refractivity contribution in [1.82, 2.24) is 4.90 Å². The van der Waals surface area contributed by atoms with Crippen molar-refractivity contribution < 1.29 is 0 Å². The van der Waals surface area contributed by atoms with Gasteiger partial charge in [0.25, 0.3) is 0 Å². The van der Waals surface area contributed by atoms with E-state index in [1.165, 1.54) is 66.1 Å². The summed E-state index contributed by atoms with van der Waals surface area (Å²) < 4.78 is 0. The number of hydrogen-bond acceptors (Lipinski definition) is 2. The number of hydrogen-bond donors (Lipinski definition) is 0. The fourth-order valence-electron chi connectivity index (χ4n) is 5.96. The smallest absolute Gasteiger partial charge is 0.130 e. The van der Waals surface area contributed by atoms with Gasteiger partial charge in [-0.2, -0.15) is 0 Å². The number of rotatable bonds is 12. The van der Waals surface area contributed by atoms with Crippen LogP contribution in [0.1, 0.15) is 112 Å². The van der Waals surface area contributed by atoms with Gasteiger partial charge in [-0.1, -0.05) is 76.1 Å². The Balaban J connectivity index is 1.53. The Morgan fingerprint density at radius 1 is 1.17 bits per heavy atom. The van der Waals surface area contributed by atoms with Gasteiger partial charge >= 0.3 is 0 Å². The molecule has 0 bridgehead atoms. The molecule has 2 fully saturated rings. The van der Waals surface area contributed by atoms with Crippen LogP contribution in [0.2, 0.25) is 0 Å². The lowest BCUT2D eigenvalue weighted by Crippen LogP contribution is -2.37. The van der Waals surface area contributed by atoms with Gasteiger partial charge in [-0.3, -0.25) is 4.99 Å². The molecule has 0 aromatic carbocycles. The van der Waals surface area contributed by atoms with Crippen molar-refractivity contribution in [1.29, 1.82) is 0 Å². The number of dihydropyridines is 1. The Bertz CT molecular complexity index is 1120. The highest BCUT2D eigenvalue weighted by Gasteiger charge is 2.30. The van der Waals surface area contributed by atoms with Gasteiger partial charge in [-0.15, -0.1) is 0 Å². The second-order valence-corrected chi connectivity index (χ2v) is 13.3. The quantitative estimate of drug-likeness (QED) is 0.134. The van der Waals surface area contributed by atoms with Crippen LogP contribution in [-0.4, -0.2) is 41.9 Å². The molecule has 0 amide bonds. The highest BCUT2D eigenvalue weighted by molar-refractivity contribution is 6.01. The first-order valence-electron chi connectivity index (χ1n) is 16.7. The highest BCUT2D eigenvalue weighted by atomic mass is 15.2. The maximum atomic E-state index is 5.44. The molecule has 0 spiro atoms. The molecule has 0 aromatic rings. The number of nitrogens with zero attached hydrogens (tertiary/aromatic N) is 4. The highest BCUT2D eigenvalue weighted by Crippen LogP contribution is 2.35. The van der Waals surface area contributed by atoms with Gasteiger partial charge in [-0.05, 0) is 88.2 Å². The third-order valence-electron chi connectivity index (χ3n) is 9.22. The summed E-state index contributed by atoms with van der Waals surface area (Å²) in [6, 6.07) is 0. The topological polar surface area (TPSA) is 40.3 Å². The Morgan fingerprint density at radius 3 is 2.71 bits per heavy atom. The molecule has 2 aliphatic heterocycles. The van der Waals surface area contributed by atoms with E-state index in [-0.39, 0.29) is 0 Å². The minimum atomic E-state index is 0.405. The molecule has 4 nitrogen and oxygen atoms in total. The van der Waals surface area contributed by atoms with Gasteiger partial charge in [0.15, 0.2) is 0 Å². The van der Waals surface area contributed by atoms with Crippen LogP contribution < -0.4 is 0 Å². The van der Waals surface area contributed by atoms with Crippen molar-refractivity contribution in [2.45, 2.75) is 112 Å². The molecule has 4 rings (SSSR count). The summed E-state index contributed by atoms with van der Waals surface area (Å²) in [7, 11) is 0. The molecule has 0 radical (unpaired) electrons. The van der Waals surface area contributed by atoms with Crippen LogP contribution >= 0.6 is 0 Å². The van der Waals surface area contributed by atoms with E-state index in [9.17, 15) is 0 Å². The molecular weight excluding hydrogens is 500 g/mol. The minimum absolute atomic E-state index is 0.405.